The molecule has 3 rings (SSSR count). The lowest BCUT2D eigenvalue weighted by Crippen LogP contribution is -2.44. The fourth-order valence-electron chi connectivity index (χ4n) is 4.32. The summed E-state index contributed by atoms with van der Waals surface area (Å²) in [5.41, 5.74) is 4.79. The second-order valence-electron chi connectivity index (χ2n) is 10.2. The molecule has 0 aromatic heterocycles. The number of nitrogens with one attached hydrogen (secondary N) is 1. The van der Waals surface area contributed by atoms with Crippen LogP contribution < -0.4 is 5.32 Å². The van der Waals surface area contributed by atoms with Gasteiger partial charge in [-0.1, -0.05) is 61.0 Å². The highest BCUT2D eigenvalue weighted by atomic mass is 35.5. The van der Waals surface area contributed by atoms with Gasteiger partial charge in [-0.3, -0.25) is 0 Å². The van der Waals surface area contributed by atoms with Gasteiger partial charge in [0.05, 0.1) is 23.3 Å². The van der Waals surface area contributed by atoms with Gasteiger partial charge in [0.2, 0.25) is 0 Å². The normalized spacial score (nSPS) is 13.4. The van der Waals surface area contributed by atoms with E-state index in [0.717, 1.165) is 34.4 Å². The molecule has 0 amide bonds. The number of rotatable bonds is 11. The maximum absolute atomic E-state index is 13.8. The van der Waals surface area contributed by atoms with Gasteiger partial charge in [0, 0.05) is 12.1 Å². The standard InChI is InChI=1S/C30H35ClFNO3/c1-19(17-33-30(4,5)16-22-10-13-27(31)28(32)15-22)18-36-21(3)25-8-6-7-9-26(25)23-11-12-24(29(34)35)20(2)14-23/h6-15,19,21,33H,16-18H2,1-5H3,(H,34,35)/t19-,21-/m1/s1. The van der Waals surface area contributed by atoms with Crippen molar-refractivity contribution in [2.24, 2.45) is 5.92 Å². The summed E-state index contributed by atoms with van der Waals surface area (Å²) >= 11 is 5.80. The molecular formula is C30H35ClFNO3. The molecule has 0 radical (unpaired) electrons. The highest BCUT2D eigenvalue weighted by molar-refractivity contribution is 6.30. The van der Waals surface area contributed by atoms with Crippen LogP contribution in [0.25, 0.3) is 11.1 Å². The predicted molar refractivity (Wildman–Crippen MR) is 144 cm³/mol. The Balaban J connectivity index is 1.59. The van der Waals surface area contributed by atoms with E-state index in [-0.39, 0.29) is 22.6 Å². The average Bonchev–Trinajstić information content (AvgIpc) is 2.83. The van der Waals surface area contributed by atoms with Crippen LogP contribution in [0.1, 0.15) is 60.8 Å². The fourth-order valence-corrected chi connectivity index (χ4v) is 4.43. The fraction of sp³-hybridized carbons (Fsp3) is 0.367. The third-order valence-corrected chi connectivity index (χ3v) is 6.66. The zero-order valence-electron chi connectivity index (χ0n) is 21.6. The zero-order chi connectivity index (χ0) is 26.5. The van der Waals surface area contributed by atoms with Crippen molar-refractivity contribution in [3.05, 3.63) is 93.8 Å². The molecule has 0 bridgehead atoms. The summed E-state index contributed by atoms with van der Waals surface area (Å²) in [7, 11) is 0. The van der Waals surface area contributed by atoms with Crippen molar-refractivity contribution in [1.82, 2.24) is 5.32 Å². The first-order chi connectivity index (χ1) is 17.0. The number of hydrogen-bond donors (Lipinski definition) is 2. The number of aryl methyl sites for hydroxylation is 1. The van der Waals surface area contributed by atoms with Crippen molar-refractivity contribution >= 4 is 17.6 Å². The molecule has 0 saturated heterocycles. The van der Waals surface area contributed by atoms with Gasteiger partial charge >= 0.3 is 5.97 Å². The van der Waals surface area contributed by atoms with Gasteiger partial charge in [0.1, 0.15) is 5.82 Å². The lowest BCUT2D eigenvalue weighted by Gasteiger charge is -2.29. The van der Waals surface area contributed by atoms with Crippen LogP contribution in [-0.2, 0) is 11.2 Å². The van der Waals surface area contributed by atoms with Crippen molar-refractivity contribution in [3.8, 4) is 11.1 Å². The van der Waals surface area contributed by atoms with Gasteiger partial charge in [0.25, 0.3) is 0 Å². The Morgan fingerprint density at radius 1 is 1.11 bits per heavy atom. The van der Waals surface area contributed by atoms with Crippen molar-refractivity contribution in [2.75, 3.05) is 13.2 Å². The summed E-state index contributed by atoms with van der Waals surface area (Å²) in [6.45, 7) is 11.5. The third-order valence-electron chi connectivity index (χ3n) is 6.36. The zero-order valence-corrected chi connectivity index (χ0v) is 22.3. The number of halogens is 2. The highest BCUT2D eigenvalue weighted by Gasteiger charge is 2.20. The summed E-state index contributed by atoms with van der Waals surface area (Å²) in [5.74, 6) is -1.05. The average molecular weight is 512 g/mol. The minimum atomic E-state index is -0.921. The second-order valence-corrected chi connectivity index (χ2v) is 10.6. The maximum Gasteiger partial charge on any atom is 0.335 e. The quantitative estimate of drug-likeness (QED) is 0.280. The monoisotopic (exact) mass is 511 g/mol. The summed E-state index contributed by atoms with van der Waals surface area (Å²) < 4.78 is 20.1. The van der Waals surface area contributed by atoms with E-state index in [2.05, 4.69) is 32.2 Å². The van der Waals surface area contributed by atoms with Gasteiger partial charge in [-0.2, -0.15) is 0 Å². The molecule has 2 N–H and O–H groups in total. The summed E-state index contributed by atoms with van der Waals surface area (Å²) in [5, 5.41) is 13.1. The Bertz CT molecular complexity index is 1210. The molecule has 192 valence electrons. The first-order valence-corrected chi connectivity index (χ1v) is 12.6. The number of hydrogen-bond acceptors (Lipinski definition) is 3. The molecule has 0 spiro atoms. The molecule has 3 aromatic carbocycles. The smallest absolute Gasteiger partial charge is 0.335 e. The van der Waals surface area contributed by atoms with Crippen LogP contribution in [0.5, 0.6) is 0 Å². The van der Waals surface area contributed by atoms with Crippen LogP contribution in [-0.4, -0.2) is 29.8 Å². The Morgan fingerprint density at radius 2 is 1.83 bits per heavy atom. The largest absolute Gasteiger partial charge is 0.478 e. The first kappa shape index (κ1) is 27.9. The van der Waals surface area contributed by atoms with Crippen LogP contribution in [0.3, 0.4) is 0 Å². The van der Waals surface area contributed by atoms with Gasteiger partial charge in [-0.05, 0) is 86.1 Å². The Hall–Kier alpha value is -2.73. The SMILES string of the molecule is Cc1cc(-c2ccccc2[C@@H](C)OC[C@H](C)CNC(C)(C)Cc2ccc(Cl)c(F)c2)ccc1C(=O)O. The van der Waals surface area contributed by atoms with E-state index in [9.17, 15) is 14.3 Å². The van der Waals surface area contributed by atoms with Crippen molar-refractivity contribution in [1.29, 1.82) is 0 Å². The van der Waals surface area contributed by atoms with E-state index >= 15 is 0 Å². The molecule has 0 unspecified atom stereocenters. The Kier molecular flexibility index (Phi) is 9.29. The van der Waals surface area contributed by atoms with Gasteiger partial charge in [-0.25, -0.2) is 9.18 Å². The molecule has 6 heteroatoms. The number of aromatic carboxylic acids is 1. The molecular weight excluding hydrogens is 477 g/mol. The molecule has 0 aliphatic heterocycles. The summed E-state index contributed by atoms with van der Waals surface area (Å²) in [4.78, 5) is 11.4. The molecule has 0 saturated carbocycles. The number of carboxylic acids is 1. The Morgan fingerprint density at radius 3 is 2.50 bits per heavy atom. The van der Waals surface area contributed by atoms with Crippen LogP contribution in [0.15, 0.2) is 60.7 Å². The van der Waals surface area contributed by atoms with Crippen molar-refractivity contribution in [2.45, 2.75) is 52.7 Å². The molecule has 36 heavy (non-hydrogen) atoms. The molecule has 3 aromatic rings. The highest BCUT2D eigenvalue weighted by Crippen LogP contribution is 2.31. The minimum Gasteiger partial charge on any atom is -0.478 e. The summed E-state index contributed by atoms with van der Waals surface area (Å²) in [6, 6.07) is 18.4. The molecule has 0 aliphatic carbocycles. The number of carboxylic acid groups (broad SMARTS) is 1. The topological polar surface area (TPSA) is 58.6 Å². The van der Waals surface area contributed by atoms with E-state index in [1.165, 1.54) is 6.07 Å². The number of benzene rings is 3. The number of carbonyl (C=O) groups is 1. The summed E-state index contributed by atoms with van der Waals surface area (Å²) in [6.07, 6.45) is 0.548. The van der Waals surface area contributed by atoms with Crippen molar-refractivity contribution in [3.63, 3.8) is 0 Å². The Labute approximate surface area is 218 Å². The van der Waals surface area contributed by atoms with E-state index in [1.807, 2.05) is 50.2 Å². The van der Waals surface area contributed by atoms with Crippen LogP contribution in [0, 0.1) is 18.7 Å². The van der Waals surface area contributed by atoms with E-state index in [4.69, 9.17) is 16.3 Å². The minimum absolute atomic E-state index is 0.131. The van der Waals surface area contributed by atoms with Gasteiger partial charge in [-0.15, -0.1) is 0 Å². The molecule has 0 aliphatic rings. The maximum atomic E-state index is 13.8. The van der Waals surface area contributed by atoms with Crippen LogP contribution in [0.2, 0.25) is 5.02 Å². The van der Waals surface area contributed by atoms with Gasteiger partial charge < -0.3 is 15.2 Å². The van der Waals surface area contributed by atoms with E-state index < -0.39 is 11.8 Å². The predicted octanol–water partition coefficient (Wildman–Crippen LogP) is 7.48. The lowest BCUT2D eigenvalue weighted by atomic mass is 9.94. The van der Waals surface area contributed by atoms with Crippen LogP contribution >= 0.6 is 11.6 Å². The first-order valence-electron chi connectivity index (χ1n) is 12.2. The molecule has 0 fully saturated rings. The number of ether oxygens (including phenoxy) is 1. The van der Waals surface area contributed by atoms with Crippen LogP contribution in [0.4, 0.5) is 4.39 Å². The lowest BCUT2D eigenvalue weighted by molar-refractivity contribution is 0.0421. The van der Waals surface area contributed by atoms with E-state index in [1.54, 1.807) is 12.1 Å². The second kappa shape index (κ2) is 12.0. The van der Waals surface area contributed by atoms with E-state index in [0.29, 0.717) is 18.6 Å². The molecule has 0 heterocycles. The third kappa shape index (κ3) is 7.39. The molecule has 2 atom stereocenters. The molecule has 4 nitrogen and oxygen atoms in total. The van der Waals surface area contributed by atoms with Gasteiger partial charge in [0.15, 0.2) is 0 Å². The van der Waals surface area contributed by atoms with Crippen molar-refractivity contribution < 1.29 is 19.0 Å².